The van der Waals surface area contributed by atoms with E-state index in [0.29, 0.717) is 5.57 Å². The molecule has 0 aromatic rings. The summed E-state index contributed by atoms with van der Waals surface area (Å²) in [5.74, 6) is -0.0579. The van der Waals surface area contributed by atoms with Crippen molar-refractivity contribution in [1.29, 1.82) is 0 Å². The first-order chi connectivity index (χ1) is 3.70. The Morgan fingerprint density at radius 3 is 2.62 bits per heavy atom. The average molecular weight is 112 g/mol. The van der Waals surface area contributed by atoms with Crippen molar-refractivity contribution in [1.82, 2.24) is 5.32 Å². The van der Waals surface area contributed by atoms with Gasteiger partial charge in [-0.15, -0.1) is 0 Å². The van der Waals surface area contributed by atoms with Crippen LogP contribution in [0.5, 0.6) is 0 Å². The molecule has 0 saturated heterocycles. The van der Waals surface area contributed by atoms with Crippen molar-refractivity contribution >= 4 is 5.91 Å². The van der Waals surface area contributed by atoms with Gasteiger partial charge in [-0.1, -0.05) is 0 Å². The molecule has 0 bridgehead atoms. The van der Waals surface area contributed by atoms with Crippen LogP contribution in [-0.4, -0.2) is 12.1 Å². The van der Waals surface area contributed by atoms with E-state index >= 15 is 0 Å². The van der Waals surface area contributed by atoms with Crippen molar-refractivity contribution in [2.45, 2.75) is 13.1 Å². The second kappa shape index (κ2) is 1.59. The summed E-state index contributed by atoms with van der Waals surface area (Å²) in [5.41, 5.74) is 6.01. The van der Waals surface area contributed by atoms with E-state index in [4.69, 9.17) is 5.73 Å². The summed E-state index contributed by atoms with van der Waals surface area (Å²) >= 11 is 0. The van der Waals surface area contributed by atoms with E-state index in [9.17, 15) is 4.79 Å². The molecule has 0 saturated carbocycles. The molecule has 1 atom stereocenters. The fourth-order valence-corrected chi connectivity index (χ4v) is 0.652. The minimum atomic E-state index is -0.262. The highest BCUT2D eigenvalue weighted by atomic mass is 16.2. The van der Waals surface area contributed by atoms with Crippen LogP contribution in [0.3, 0.4) is 0 Å². The van der Waals surface area contributed by atoms with E-state index in [-0.39, 0.29) is 12.1 Å². The van der Waals surface area contributed by atoms with Crippen molar-refractivity contribution in [3.63, 3.8) is 0 Å². The van der Waals surface area contributed by atoms with Gasteiger partial charge in [-0.25, -0.2) is 0 Å². The van der Waals surface area contributed by atoms with Crippen LogP contribution in [0.2, 0.25) is 0 Å². The third-order valence-electron chi connectivity index (χ3n) is 1.09. The zero-order chi connectivity index (χ0) is 6.15. The Balaban J connectivity index is 2.73. The number of carbonyl (C=O) groups excluding carboxylic acids is 1. The van der Waals surface area contributed by atoms with Crippen LogP contribution >= 0.6 is 0 Å². The van der Waals surface area contributed by atoms with Crippen LogP contribution in [0.25, 0.3) is 0 Å². The maximum absolute atomic E-state index is 10.5. The Morgan fingerprint density at radius 2 is 2.50 bits per heavy atom. The summed E-state index contributed by atoms with van der Waals surface area (Å²) in [6.45, 7) is 1.74. The Morgan fingerprint density at radius 1 is 1.88 bits per heavy atom. The molecule has 1 rings (SSSR count). The zero-order valence-electron chi connectivity index (χ0n) is 4.64. The van der Waals surface area contributed by atoms with Crippen LogP contribution in [0.1, 0.15) is 6.92 Å². The number of nitrogens with two attached hydrogens (primary N) is 1. The second-order valence-electron chi connectivity index (χ2n) is 1.85. The van der Waals surface area contributed by atoms with Crippen molar-refractivity contribution < 1.29 is 4.79 Å². The van der Waals surface area contributed by atoms with Crippen LogP contribution in [-0.2, 0) is 4.79 Å². The SMILES string of the molecule is CC1=C[C@@H](N)NC1=O. The van der Waals surface area contributed by atoms with E-state index in [2.05, 4.69) is 5.32 Å². The molecule has 8 heavy (non-hydrogen) atoms. The van der Waals surface area contributed by atoms with Gasteiger partial charge in [0.05, 0.1) is 6.17 Å². The van der Waals surface area contributed by atoms with Crippen LogP contribution in [0.4, 0.5) is 0 Å². The lowest BCUT2D eigenvalue weighted by atomic mass is 10.3. The summed E-state index contributed by atoms with van der Waals surface area (Å²) in [7, 11) is 0. The molecule has 0 aromatic heterocycles. The molecule has 1 aliphatic rings. The summed E-state index contributed by atoms with van der Waals surface area (Å²) < 4.78 is 0. The van der Waals surface area contributed by atoms with E-state index < -0.39 is 0 Å². The first-order valence-electron chi connectivity index (χ1n) is 2.45. The van der Waals surface area contributed by atoms with Crippen molar-refractivity contribution in [3.05, 3.63) is 11.6 Å². The highest BCUT2D eigenvalue weighted by Gasteiger charge is 2.14. The molecule has 0 unspecified atom stereocenters. The van der Waals surface area contributed by atoms with Crippen molar-refractivity contribution in [2.75, 3.05) is 0 Å². The van der Waals surface area contributed by atoms with E-state index in [1.807, 2.05) is 0 Å². The van der Waals surface area contributed by atoms with Crippen molar-refractivity contribution in [3.8, 4) is 0 Å². The lowest BCUT2D eigenvalue weighted by Gasteiger charge is -1.96. The van der Waals surface area contributed by atoms with Crippen molar-refractivity contribution in [2.24, 2.45) is 5.73 Å². The quantitative estimate of drug-likeness (QED) is 0.437. The van der Waals surface area contributed by atoms with E-state index in [1.54, 1.807) is 13.0 Å². The predicted molar refractivity (Wildman–Crippen MR) is 29.9 cm³/mol. The van der Waals surface area contributed by atoms with E-state index in [1.165, 1.54) is 0 Å². The third kappa shape index (κ3) is 0.721. The van der Waals surface area contributed by atoms with Gasteiger partial charge in [-0.05, 0) is 13.0 Å². The average Bonchev–Trinajstić information content (AvgIpc) is 1.85. The fraction of sp³-hybridized carbons (Fsp3) is 0.400. The standard InChI is InChI=1S/C5H8N2O/c1-3-2-4(6)7-5(3)8/h2,4H,6H2,1H3,(H,7,8)/t4-/m0/s1. The number of hydrogen-bond acceptors (Lipinski definition) is 2. The molecule has 0 radical (unpaired) electrons. The molecule has 0 aliphatic carbocycles. The Kier molecular flexibility index (Phi) is 1.06. The fourth-order valence-electron chi connectivity index (χ4n) is 0.652. The Hall–Kier alpha value is -0.830. The molecule has 3 heteroatoms. The molecule has 3 nitrogen and oxygen atoms in total. The zero-order valence-corrected chi connectivity index (χ0v) is 4.64. The molecule has 0 spiro atoms. The number of carbonyl (C=O) groups is 1. The maximum Gasteiger partial charge on any atom is 0.248 e. The molecule has 1 aliphatic heterocycles. The second-order valence-corrected chi connectivity index (χ2v) is 1.85. The van der Waals surface area contributed by atoms with Crippen LogP contribution in [0, 0.1) is 0 Å². The Labute approximate surface area is 47.6 Å². The lowest BCUT2D eigenvalue weighted by Crippen LogP contribution is -2.34. The third-order valence-corrected chi connectivity index (χ3v) is 1.09. The predicted octanol–water partition coefficient (Wildman–Crippen LogP) is -0.653. The highest BCUT2D eigenvalue weighted by Crippen LogP contribution is 2.00. The molecule has 3 N–H and O–H groups in total. The molecule has 1 amide bonds. The summed E-state index contributed by atoms with van der Waals surface area (Å²) in [6, 6.07) is 0. The van der Waals surface area contributed by atoms with E-state index in [0.717, 1.165) is 0 Å². The van der Waals surface area contributed by atoms with Crippen LogP contribution < -0.4 is 11.1 Å². The number of amides is 1. The Bertz CT molecular complexity index is 151. The first-order valence-corrected chi connectivity index (χ1v) is 2.45. The van der Waals surface area contributed by atoms with Gasteiger partial charge in [0.15, 0.2) is 0 Å². The normalized spacial score (nSPS) is 27.5. The monoisotopic (exact) mass is 112 g/mol. The van der Waals surface area contributed by atoms with Gasteiger partial charge in [-0.2, -0.15) is 0 Å². The number of rotatable bonds is 0. The molecule has 0 aromatic carbocycles. The summed E-state index contributed by atoms with van der Waals surface area (Å²) in [4.78, 5) is 10.5. The maximum atomic E-state index is 10.5. The minimum Gasteiger partial charge on any atom is -0.334 e. The minimum absolute atomic E-state index is 0.0579. The summed E-state index contributed by atoms with van der Waals surface area (Å²) in [5, 5.41) is 2.51. The van der Waals surface area contributed by atoms with Gasteiger partial charge in [0.2, 0.25) is 5.91 Å². The van der Waals surface area contributed by atoms with Gasteiger partial charge >= 0.3 is 0 Å². The highest BCUT2D eigenvalue weighted by molar-refractivity contribution is 5.95. The largest absolute Gasteiger partial charge is 0.334 e. The molecule has 1 heterocycles. The molecular formula is C5H8N2O. The van der Waals surface area contributed by atoms with Crippen LogP contribution in [0.15, 0.2) is 11.6 Å². The lowest BCUT2D eigenvalue weighted by molar-refractivity contribution is -0.117. The molecule has 44 valence electrons. The van der Waals surface area contributed by atoms with Gasteiger partial charge < -0.3 is 11.1 Å². The summed E-state index contributed by atoms with van der Waals surface area (Å²) in [6.07, 6.45) is 1.44. The molecule has 0 fully saturated rings. The number of nitrogens with one attached hydrogen (secondary N) is 1. The smallest absolute Gasteiger partial charge is 0.248 e. The topological polar surface area (TPSA) is 55.1 Å². The first kappa shape index (κ1) is 5.31. The van der Waals surface area contributed by atoms with Gasteiger partial charge in [0, 0.05) is 5.57 Å². The van der Waals surface area contributed by atoms with Gasteiger partial charge in [-0.3, -0.25) is 4.79 Å². The van der Waals surface area contributed by atoms with Gasteiger partial charge in [0.1, 0.15) is 0 Å². The molecular weight excluding hydrogens is 104 g/mol. The number of hydrogen-bond donors (Lipinski definition) is 2. The van der Waals surface area contributed by atoms with Gasteiger partial charge in [0.25, 0.3) is 0 Å².